The highest BCUT2D eigenvalue weighted by Gasteiger charge is 2.27. The van der Waals surface area contributed by atoms with Crippen LogP contribution >= 0.6 is 11.8 Å². The minimum absolute atomic E-state index is 0.135. The average molecular weight is 568 g/mol. The van der Waals surface area contributed by atoms with E-state index in [1.807, 2.05) is 98.1 Å². The highest BCUT2D eigenvalue weighted by atomic mass is 32.2. The fraction of sp³-hybridized carbons (Fsp3) is 0.250. The van der Waals surface area contributed by atoms with Crippen LogP contribution in [0.5, 0.6) is 0 Å². The number of fused-ring (bicyclic) bond motifs is 1. The summed E-state index contributed by atoms with van der Waals surface area (Å²) in [7, 11) is 0. The Bertz CT molecular complexity index is 1550. The van der Waals surface area contributed by atoms with Gasteiger partial charge in [-0.1, -0.05) is 78.9 Å². The second kappa shape index (κ2) is 13.0. The van der Waals surface area contributed by atoms with Crippen LogP contribution in [0.25, 0.3) is 22.2 Å². The number of rotatable bonds is 9. The fourth-order valence-corrected chi connectivity index (χ4v) is 5.93. The molecule has 2 heterocycles. The number of para-hydroxylation sites is 1. The van der Waals surface area contributed by atoms with Crippen LogP contribution in [-0.2, 0) is 6.54 Å². The van der Waals surface area contributed by atoms with Crippen molar-refractivity contribution in [2.45, 2.75) is 19.5 Å². The van der Waals surface area contributed by atoms with E-state index in [1.165, 1.54) is 11.8 Å². The van der Waals surface area contributed by atoms with Crippen LogP contribution in [-0.4, -0.2) is 58.0 Å². The number of amides is 1. The fourth-order valence-electron chi connectivity index (χ4n) is 5.30. The number of aromatic nitrogens is 1. The van der Waals surface area contributed by atoms with Crippen molar-refractivity contribution in [1.82, 2.24) is 20.1 Å². The molecular weight excluding hydrogens is 534 g/mol. The smallest absolute Gasteiger partial charge is 0.264 e. The highest BCUT2D eigenvalue weighted by molar-refractivity contribution is 8.02. The third-order valence-electron chi connectivity index (χ3n) is 7.41. The lowest BCUT2D eigenvalue weighted by Gasteiger charge is -2.36. The standard InChI is InChI=1S/C32H33N5O3S/c1-23(24-11-5-3-6-12-24)33-32(38)30-26-15-9-10-16-28(26)34-31(25-13-7-4-8-14-25)27(30)21-35-17-19-36(20-18-35)29(41-2)22-37(39)40/h3-16,22-23H,17-21H2,1-2H3,(H,33,38)/t23-/m0/s1. The third kappa shape index (κ3) is 6.58. The summed E-state index contributed by atoms with van der Waals surface area (Å²) in [4.78, 5) is 34.3. The number of nitro groups is 1. The molecule has 1 fully saturated rings. The summed E-state index contributed by atoms with van der Waals surface area (Å²) in [5, 5.41) is 15.8. The van der Waals surface area contributed by atoms with Gasteiger partial charge in [0.05, 0.1) is 27.7 Å². The number of carbonyl (C=O) groups is 1. The number of carbonyl (C=O) groups excluding carboxylic acids is 1. The van der Waals surface area contributed by atoms with E-state index in [4.69, 9.17) is 4.98 Å². The maximum atomic E-state index is 14.1. The number of hydrogen-bond acceptors (Lipinski definition) is 7. The van der Waals surface area contributed by atoms with Gasteiger partial charge < -0.3 is 10.2 Å². The first kappa shape index (κ1) is 28.3. The Morgan fingerprint density at radius 2 is 1.63 bits per heavy atom. The molecule has 1 saturated heterocycles. The summed E-state index contributed by atoms with van der Waals surface area (Å²) in [5.41, 5.74) is 5.07. The lowest BCUT2D eigenvalue weighted by molar-refractivity contribution is -0.403. The largest absolute Gasteiger partial charge is 0.359 e. The molecule has 0 radical (unpaired) electrons. The number of benzene rings is 3. The van der Waals surface area contributed by atoms with Gasteiger partial charge in [0.2, 0.25) is 0 Å². The number of hydrogen-bond donors (Lipinski definition) is 1. The van der Waals surface area contributed by atoms with Gasteiger partial charge in [-0.05, 0) is 24.8 Å². The van der Waals surface area contributed by atoms with Crippen LogP contribution in [0.15, 0.2) is 96.2 Å². The van der Waals surface area contributed by atoms with Crippen molar-refractivity contribution >= 4 is 28.6 Å². The Hall–Kier alpha value is -4.21. The first-order valence-electron chi connectivity index (χ1n) is 13.6. The highest BCUT2D eigenvalue weighted by Crippen LogP contribution is 2.32. The van der Waals surface area contributed by atoms with Crippen molar-refractivity contribution in [1.29, 1.82) is 0 Å². The van der Waals surface area contributed by atoms with Gasteiger partial charge in [0.1, 0.15) is 5.03 Å². The molecule has 210 valence electrons. The summed E-state index contributed by atoms with van der Waals surface area (Å²) in [6, 6.07) is 27.6. The SMILES string of the molecule is CSC(=C[N+](=O)[O-])N1CCN(Cc2c(-c3ccccc3)nc3ccccc3c2C(=O)N[C@@H](C)c2ccccc2)CC1. The Kier molecular flexibility index (Phi) is 8.96. The molecule has 5 rings (SSSR count). The van der Waals surface area contributed by atoms with Crippen molar-refractivity contribution in [2.75, 3.05) is 32.4 Å². The van der Waals surface area contributed by atoms with Gasteiger partial charge in [-0.25, -0.2) is 4.98 Å². The van der Waals surface area contributed by atoms with Crippen molar-refractivity contribution in [2.24, 2.45) is 0 Å². The maximum Gasteiger partial charge on any atom is 0.264 e. The van der Waals surface area contributed by atoms with Gasteiger partial charge in [-0.15, -0.1) is 11.8 Å². The molecule has 0 unspecified atom stereocenters. The summed E-state index contributed by atoms with van der Waals surface area (Å²) in [6.45, 7) is 5.27. The summed E-state index contributed by atoms with van der Waals surface area (Å²) in [6.07, 6.45) is 2.94. The number of thioether (sulfide) groups is 1. The summed E-state index contributed by atoms with van der Waals surface area (Å²) >= 11 is 1.39. The Labute approximate surface area is 244 Å². The summed E-state index contributed by atoms with van der Waals surface area (Å²) in [5.74, 6) is -0.135. The predicted octanol–water partition coefficient (Wildman–Crippen LogP) is 5.95. The topological polar surface area (TPSA) is 91.6 Å². The van der Waals surface area contributed by atoms with Gasteiger partial charge in [0.25, 0.3) is 12.1 Å². The van der Waals surface area contributed by atoms with Crippen LogP contribution in [0.3, 0.4) is 0 Å². The quantitative estimate of drug-likeness (QED) is 0.197. The molecule has 0 bridgehead atoms. The Balaban J connectivity index is 1.53. The molecule has 0 spiro atoms. The second-order valence-corrected chi connectivity index (χ2v) is 10.8. The van der Waals surface area contributed by atoms with Gasteiger partial charge in [-0.2, -0.15) is 0 Å². The van der Waals surface area contributed by atoms with E-state index in [2.05, 4.69) is 15.1 Å². The molecule has 1 aliphatic rings. The Morgan fingerprint density at radius 3 is 2.29 bits per heavy atom. The monoisotopic (exact) mass is 567 g/mol. The number of piperazine rings is 1. The van der Waals surface area contributed by atoms with E-state index < -0.39 is 4.92 Å². The molecule has 1 aromatic heterocycles. The summed E-state index contributed by atoms with van der Waals surface area (Å²) < 4.78 is 0. The molecule has 0 aliphatic carbocycles. The maximum absolute atomic E-state index is 14.1. The molecule has 8 nitrogen and oxygen atoms in total. The van der Waals surface area contributed by atoms with E-state index in [-0.39, 0.29) is 11.9 Å². The minimum Gasteiger partial charge on any atom is -0.359 e. The molecule has 41 heavy (non-hydrogen) atoms. The van der Waals surface area contributed by atoms with E-state index in [1.54, 1.807) is 0 Å². The van der Waals surface area contributed by atoms with Crippen LogP contribution in [0.4, 0.5) is 0 Å². The Morgan fingerprint density at radius 1 is 1.00 bits per heavy atom. The zero-order chi connectivity index (χ0) is 28.8. The number of pyridine rings is 1. The average Bonchev–Trinajstić information content (AvgIpc) is 3.00. The molecule has 9 heteroatoms. The third-order valence-corrected chi connectivity index (χ3v) is 8.19. The molecule has 3 aromatic carbocycles. The molecular formula is C32H33N5O3S. The van der Waals surface area contributed by atoms with E-state index in [0.29, 0.717) is 43.3 Å². The second-order valence-electron chi connectivity index (χ2n) is 10.0. The van der Waals surface area contributed by atoms with Gasteiger partial charge in [-0.3, -0.25) is 19.8 Å². The van der Waals surface area contributed by atoms with E-state index >= 15 is 0 Å². The molecule has 4 aromatic rings. The van der Waals surface area contributed by atoms with E-state index in [9.17, 15) is 14.9 Å². The first-order chi connectivity index (χ1) is 19.9. The first-order valence-corrected chi connectivity index (χ1v) is 14.9. The molecule has 1 aliphatic heterocycles. The van der Waals surface area contributed by atoms with Crippen LogP contribution < -0.4 is 5.32 Å². The zero-order valence-corrected chi connectivity index (χ0v) is 24.0. The van der Waals surface area contributed by atoms with Crippen LogP contribution in [0, 0.1) is 10.1 Å². The molecule has 1 atom stereocenters. The van der Waals surface area contributed by atoms with Gasteiger partial charge in [0, 0.05) is 49.2 Å². The van der Waals surface area contributed by atoms with Gasteiger partial charge >= 0.3 is 0 Å². The van der Waals surface area contributed by atoms with Gasteiger partial charge in [0.15, 0.2) is 0 Å². The van der Waals surface area contributed by atoms with Crippen LogP contribution in [0.1, 0.15) is 34.5 Å². The molecule has 1 N–H and O–H groups in total. The molecule has 0 saturated carbocycles. The van der Waals surface area contributed by atoms with Crippen molar-refractivity contribution in [3.8, 4) is 11.3 Å². The predicted molar refractivity (Wildman–Crippen MR) is 165 cm³/mol. The normalized spacial score (nSPS) is 15.1. The minimum atomic E-state index is -0.396. The number of nitrogens with one attached hydrogen (secondary N) is 1. The van der Waals surface area contributed by atoms with Crippen molar-refractivity contribution in [3.63, 3.8) is 0 Å². The molecule has 1 amide bonds. The van der Waals surface area contributed by atoms with Crippen molar-refractivity contribution < 1.29 is 9.72 Å². The van der Waals surface area contributed by atoms with E-state index in [0.717, 1.165) is 39.5 Å². The lowest BCUT2D eigenvalue weighted by Crippen LogP contribution is -2.45. The van der Waals surface area contributed by atoms with Crippen LogP contribution in [0.2, 0.25) is 0 Å². The van der Waals surface area contributed by atoms with Crippen molar-refractivity contribution in [3.05, 3.63) is 123 Å². The zero-order valence-electron chi connectivity index (χ0n) is 23.2. The lowest BCUT2D eigenvalue weighted by atomic mass is 9.95. The number of nitrogens with zero attached hydrogens (tertiary/aromatic N) is 4.